The van der Waals surface area contributed by atoms with Crippen molar-refractivity contribution in [2.45, 2.75) is 65.2 Å². The quantitative estimate of drug-likeness (QED) is 0.0929. The predicted molar refractivity (Wildman–Crippen MR) is 178 cm³/mol. The second kappa shape index (κ2) is 16.5. The maximum atomic E-state index is 11.6. The highest BCUT2D eigenvalue weighted by Crippen LogP contribution is 2.53. The van der Waals surface area contributed by atoms with E-state index in [9.17, 15) is 9.59 Å². The number of esters is 2. The highest BCUT2D eigenvalue weighted by atomic mass is 32.9. The van der Waals surface area contributed by atoms with Crippen LogP contribution in [0.1, 0.15) is 99.9 Å². The normalized spacial score (nSPS) is 13.9. The van der Waals surface area contributed by atoms with Crippen LogP contribution in [0.5, 0.6) is 0 Å². The van der Waals surface area contributed by atoms with Gasteiger partial charge in [-0.2, -0.15) is 0 Å². The molecule has 0 amide bonds. The molecule has 0 aromatic heterocycles. The van der Waals surface area contributed by atoms with Gasteiger partial charge in [0.1, 0.15) is 4.99 Å². The molecule has 4 rings (SSSR count). The molecule has 42 heavy (non-hydrogen) atoms. The molecule has 0 aliphatic heterocycles. The number of carbonyl (C=O) groups is 2. The Balaban J connectivity index is 0.000000232. The Kier molecular flexibility index (Phi) is 14.1. The summed E-state index contributed by atoms with van der Waals surface area (Å²) in [6.07, 6.45) is 4.65. The molecule has 2 aromatic carbocycles. The summed E-state index contributed by atoms with van der Waals surface area (Å²) in [6, 6.07) is 7.38. The molecule has 0 heterocycles. The highest BCUT2D eigenvalue weighted by Gasteiger charge is 2.29. The van der Waals surface area contributed by atoms with Crippen molar-refractivity contribution in [1.82, 2.24) is 0 Å². The molecule has 228 valence electrons. The van der Waals surface area contributed by atoms with Crippen LogP contribution in [-0.2, 0) is 30.3 Å². The Bertz CT molecular complexity index is 1390. The molecule has 2 aliphatic rings. The van der Waals surface area contributed by atoms with Crippen LogP contribution in [0, 0.1) is 20.4 Å². The van der Waals surface area contributed by atoms with Gasteiger partial charge in [-0.1, -0.05) is 36.6 Å². The van der Waals surface area contributed by atoms with Gasteiger partial charge in [-0.25, -0.2) is 14.4 Å². The Morgan fingerprint density at radius 3 is 1.71 bits per heavy atom. The van der Waals surface area contributed by atoms with Gasteiger partial charge in [-0.15, -0.1) is 0 Å². The molecule has 2 aromatic rings. The van der Waals surface area contributed by atoms with E-state index in [1.807, 2.05) is 39.8 Å². The standard InChI is InChI=1S/C13H15NO2S.C13H13NO2.C4H11O2PS2/c1-7-5-10(8-3-4-8)11(12(14)17)6-9(7)13(15)16-2;1-8-6-11(9-4-5-9)12(14-2)7-10(8)13(15)16-3;1-3-5-7(8,9)6-4-2/h5-6,8H,3-4H2,1-2H3,(H2,14,17);6-7,9H,4-5H2,1,3H3;3-4H2,1-2H3,(H,8,9). The number of methoxy groups -OCH3 is 2. The maximum Gasteiger partial charge on any atom is 0.338 e. The van der Waals surface area contributed by atoms with Gasteiger partial charge in [-0.3, -0.25) is 0 Å². The summed E-state index contributed by atoms with van der Waals surface area (Å²) in [5, 5.41) is 0. The van der Waals surface area contributed by atoms with Crippen LogP contribution < -0.4 is 5.73 Å². The third kappa shape index (κ3) is 10.4. The molecule has 2 saturated carbocycles. The lowest BCUT2D eigenvalue weighted by Crippen LogP contribution is -2.15. The largest absolute Gasteiger partial charge is 0.465 e. The average molecular weight is 651 g/mol. The lowest BCUT2D eigenvalue weighted by molar-refractivity contribution is 0.0591. The first kappa shape index (κ1) is 35.9. The number of hydrogen-bond donors (Lipinski definition) is 2. The summed E-state index contributed by atoms with van der Waals surface area (Å²) < 4.78 is 19.5. The zero-order valence-corrected chi connectivity index (χ0v) is 28.3. The maximum absolute atomic E-state index is 11.6. The molecule has 2 N–H and O–H groups in total. The predicted octanol–water partition coefficient (Wildman–Crippen LogP) is 7.72. The van der Waals surface area contributed by atoms with Gasteiger partial charge >= 0.3 is 11.9 Å². The number of thiocarbonyl (C=S) groups is 1. The number of aryl methyl sites for hydroxylation is 2. The number of rotatable bonds is 9. The second-order valence-corrected chi connectivity index (χ2v) is 15.5. The molecule has 0 atom stereocenters. The second-order valence-electron chi connectivity index (χ2n) is 9.79. The van der Waals surface area contributed by atoms with Gasteiger partial charge in [0.2, 0.25) is 5.69 Å². The van der Waals surface area contributed by atoms with Gasteiger partial charge in [0.05, 0.1) is 45.1 Å². The van der Waals surface area contributed by atoms with Gasteiger partial charge in [-0.05, 0) is 111 Å². The third-order valence-electron chi connectivity index (χ3n) is 6.59. The third-order valence-corrected chi connectivity index (χ3v) is 9.30. The number of ether oxygens (including phenoxy) is 2. The topological polar surface area (TPSA) is 101 Å². The van der Waals surface area contributed by atoms with Crippen LogP contribution in [0.3, 0.4) is 0 Å². The molecule has 8 nitrogen and oxygen atoms in total. The van der Waals surface area contributed by atoms with E-state index in [0.29, 0.717) is 46.9 Å². The molecule has 2 aliphatic carbocycles. The van der Waals surface area contributed by atoms with Gasteiger partial charge < -0.3 is 24.3 Å². The molecule has 12 heteroatoms. The van der Waals surface area contributed by atoms with E-state index in [4.69, 9.17) is 54.9 Å². The molecule has 0 unspecified atom stereocenters. The number of nitrogens with zero attached hydrogens (tertiary/aromatic N) is 1. The minimum atomic E-state index is -2.16. The van der Waals surface area contributed by atoms with Crippen LogP contribution in [0.15, 0.2) is 24.3 Å². The van der Waals surface area contributed by atoms with Gasteiger partial charge in [0.15, 0.2) is 5.69 Å². The number of thiol groups is 1. The first-order valence-electron chi connectivity index (χ1n) is 13.6. The average Bonchev–Trinajstić information content (AvgIpc) is 3.86. The Hall–Kier alpha value is -2.32. The van der Waals surface area contributed by atoms with E-state index in [0.717, 1.165) is 35.1 Å². The highest BCUT2D eigenvalue weighted by molar-refractivity contribution is 8.60. The molecular formula is C30H39N2O6PS3. The zero-order chi connectivity index (χ0) is 31.6. The van der Waals surface area contributed by atoms with Gasteiger partial charge in [0.25, 0.3) is 0 Å². The van der Waals surface area contributed by atoms with Crippen LogP contribution in [0.25, 0.3) is 4.85 Å². The first-order valence-corrected chi connectivity index (χ1v) is 17.8. The van der Waals surface area contributed by atoms with Crippen LogP contribution in [0.2, 0.25) is 0 Å². The summed E-state index contributed by atoms with van der Waals surface area (Å²) in [7, 11) is 2.73. The van der Waals surface area contributed by atoms with Crippen molar-refractivity contribution in [2.75, 3.05) is 27.4 Å². The Morgan fingerprint density at radius 2 is 1.33 bits per heavy atom. The lowest BCUT2D eigenvalue weighted by Gasteiger charge is -2.13. The van der Waals surface area contributed by atoms with E-state index in [-0.39, 0.29) is 11.9 Å². The Labute approximate surface area is 264 Å². The fraction of sp³-hybridized carbons (Fsp3) is 0.467. The number of hydrogen-bond acceptors (Lipinski definition) is 8. The van der Waals surface area contributed by atoms with E-state index in [1.165, 1.54) is 32.6 Å². The Morgan fingerprint density at radius 1 is 0.905 bits per heavy atom. The van der Waals surface area contributed by atoms with Crippen LogP contribution >= 0.6 is 30.2 Å². The van der Waals surface area contributed by atoms with Crippen molar-refractivity contribution in [2.24, 2.45) is 5.73 Å². The van der Waals surface area contributed by atoms with Crippen LogP contribution in [-0.4, -0.2) is 44.4 Å². The summed E-state index contributed by atoms with van der Waals surface area (Å²) in [5.41, 5.74) is 10.1. The van der Waals surface area contributed by atoms with E-state index < -0.39 is 5.69 Å². The SMILES string of the molecule is CCOP(=S)(S)OCC.COC(=O)c1cc(C(N)=S)c(C2CC2)cc1C.[C-]#[N+]c1cc(C(=O)OC)c(C)cc1C1CC1. The molecule has 0 bridgehead atoms. The number of nitrogens with two attached hydrogens (primary N) is 1. The molecule has 0 saturated heterocycles. The molecule has 0 radical (unpaired) electrons. The molecular weight excluding hydrogens is 612 g/mol. The fourth-order valence-corrected chi connectivity index (χ4v) is 6.47. The van der Waals surface area contributed by atoms with E-state index >= 15 is 0 Å². The minimum absolute atomic E-state index is 0.344. The van der Waals surface area contributed by atoms with Crippen molar-refractivity contribution in [3.63, 3.8) is 0 Å². The van der Waals surface area contributed by atoms with Crippen molar-refractivity contribution in [3.8, 4) is 0 Å². The minimum Gasteiger partial charge on any atom is -0.465 e. The summed E-state index contributed by atoms with van der Waals surface area (Å²) in [4.78, 5) is 26.9. The summed E-state index contributed by atoms with van der Waals surface area (Å²) in [6.45, 7) is 15.8. The van der Waals surface area contributed by atoms with E-state index in [2.05, 4.69) is 17.1 Å². The number of benzene rings is 2. The van der Waals surface area contributed by atoms with E-state index in [1.54, 1.807) is 12.1 Å². The smallest absolute Gasteiger partial charge is 0.338 e. The summed E-state index contributed by atoms with van der Waals surface area (Å²) >= 11 is 13.9. The zero-order valence-electron chi connectivity index (χ0n) is 24.9. The summed E-state index contributed by atoms with van der Waals surface area (Å²) in [5.74, 6) is 0.360. The molecule has 2 fully saturated rings. The van der Waals surface area contributed by atoms with Crippen molar-refractivity contribution in [3.05, 3.63) is 74.6 Å². The molecule has 0 spiro atoms. The fourth-order valence-electron chi connectivity index (χ4n) is 4.24. The van der Waals surface area contributed by atoms with Crippen molar-refractivity contribution in [1.29, 1.82) is 0 Å². The van der Waals surface area contributed by atoms with Crippen molar-refractivity contribution >= 4 is 64.6 Å². The monoisotopic (exact) mass is 650 g/mol. The first-order chi connectivity index (χ1) is 19.8. The lowest BCUT2D eigenvalue weighted by atomic mass is 9.96. The number of carbonyl (C=O) groups excluding carboxylic acids is 2. The van der Waals surface area contributed by atoms with Gasteiger partial charge in [0, 0.05) is 5.56 Å². The van der Waals surface area contributed by atoms with Crippen molar-refractivity contribution < 1.29 is 28.1 Å². The van der Waals surface area contributed by atoms with Crippen LogP contribution in [0.4, 0.5) is 5.69 Å².